The van der Waals surface area contributed by atoms with Gasteiger partial charge in [0, 0.05) is 24.3 Å². The summed E-state index contributed by atoms with van der Waals surface area (Å²) in [6.07, 6.45) is 5.58. The molecule has 0 aliphatic carbocycles. The zero-order chi connectivity index (χ0) is 11.8. The van der Waals surface area contributed by atoms with Crippen LogP contribution in [0, 0.1) is 13.8 Å². The van der Waals surface area contributed by atoms with Crippen LogP contribution in [-0.2, 0) is 0 Å². The van der Waals surface area contributed by atoms with E-state index in [4.69, 9.17) is 0 Å². The quantitative estimate of drug-likeness (QED) is 0.662. The molecule has 0 saturated heterocycles. The van der Waals surface area contributed by atoms with Crippen molar-refractivity contribution in [2.45, 2.75) is 41.5 Å². The fraction of sp³-hybridized carbons (Fsp3) is 0.500. The summed E-state index contributed by atoms with van der Waals surface area (Å²) < 4.78 is 2.03. The Morgan fingerprint density at radius 1 is 1.00 bits per heavy atom. The first-order chi connectivity index (χ1) is 7.29. The Hall–Kier alpha value is -1.38. The Bertz CT molecular complexity index is 355. The van der Waals surface area contributed by atoms with Crippen molar-refractivity contribution < 1.29 is 0 Å². The average Bonchev–Trinajstić information content (AvgIpc) is 2.79. The standard InChI is InChI=1S/C8H9N3.2C2H6/c1-6-5-10-7(2)8-9-3-4-11(6)8;2*1-2/h3-5H,1-2H3;2*1-2H3. The topological polar surface area (TPSA) is 30.2 Å². The molecular formula is C12H21N3. The van der Waals surface area contributed by atoms with E-state index in [2.05, 4.69) is 9.97 Å². The summed E-state index contributed by atoms with van der Waals surface area (Å²) in [6, 6.07) is 0. The van der Waals surface area contributed by atoms with Crippen LogP contribution in [0.3, 0.4) is 0 Å². The summed E-state index contributed by atoms with van der Waals surface area (Å²) in [6.45, 7) is 12.0. The highest BCUT2D eigenvalue weighted by atomic mass is 15.0. The van der Waals surface area contributed by atoms with Crippen LogP contribution in [0.25, 0.3) is 5.65 Å². The van der Waals surface area contributed by atoms with Gasteiger partial charge in [-0.15, -0.1) is 0 Å². The number of hydrogen-bond acceptors (Lipinski definition) is 2. The number of rotatable bonds is 0. The molecule has 15 heavy (non-hydrogen) atoms. The summed E-state index contributed by atoms with van der Waals surface area (Å²) in [7, 11) is 0. The molecule has 0 aliphatic rings. The van der Waals surface area contributed by atoms with Crippen molar-refractivity contribution in [2.75, 3.05) is 0 Å². The second-order valence-corrected chi connectivity index (χ2v) is 2.61. The van der Waals surface area contributed by atoms with E-state index in [1.807, 2.05) is 58.3 Å². The Kier molecular flexibility index (Phi) is 6.34. The zero-order valence-corrected chi connectivity index (χ0v) is 10.6. The van der Waals surface area contributed by atoms with E-state index in [1.54, 1.807) is 6.20 Å². The highest BCUT2D eigenvalue weighted by Gasteiger charge is 1.99. The monoisotopic (exact) mass is 207 g/mol. The Balaban J connectivity index is 0.000000442. The van der Waals surface area contributed by atoms with Gasteiger partial charge in [0.1, 0.15) is 0 Å². The fourth-order valence-electron chi connectivity index (χ4n) is 1.17. The normalized spacial score (nSPS) is 8.67. The van der Waals surface area contributed by atoms with Gasteiger partial charge < -0.3 is 4.40 Å². The lowest BCUT2D eigenvalue weighted by Crippen LogP contribution is -1.94. The first-order valence-electron chi connectivity index (χ1n) is 5.54. The van der Waals surface area contributed by atoms with Crippen molar-refractivity contribution in [3.63, 3.8) is 0 Å². The van der Waals surface area contributed by atoms with Crippen LogP contribution in [0.4, 0.5) is 0 Å². The van der Waals surface area contributed by atoms with E-state index < -0.39 is 0 Å². The molecule has 0 aliphatic heterocycles. The van der Waals surface area contributed by atoms with Crippen LogP contribution in [0.2, 0.25) is 0 Å². The van der Waals surface area contributed by atoms with Crippen molar-refractivity contribution in [2.24, 2.45) is 0 Å². The number of aryl methyl sites for hydroxylation is 2. The molecule has 0 bridgehead atoms. The van der Waals surface area contributed by atoms with Crippen molar-refractivity contribution in [3.8, 4) is 0 Å². The molecule has 2 heterocycles. The van der Waals surface area contributed by atoms with Crippen molar-refractivity contribution in [3.05, 3.63) is 30.0 Å². The highest BCUT2D eigenvalue weighted by molar-refractivity contribution is 5.43. The lowest BCUT2D eigenvalue weighted by molar-refractivity contribution is 1.02. The summed E-state index contributed by atoms with van der Waals surface area (Å²) in [4.78, 5) is 8.38. The van der Waals surface area contributed by atoms with Gasteiger partial charge in [-0.3, -0.25) is 4.98 Å². The van der Waals surface area contributed by atoms with Crippen molar-refractivity contribution >= 4 is 5.65 Å². The molecule has 0 fully saturated rings. The molecule has 0 amide bonds. The molecule has 0 aromatic carbocycles. The molecule has 2 aromatic heterocycles. The molecule has 0 saturated carbocycles. The highest BCUT2D eigenvalue weighted by Crippen LogP contribution is 2.06. The molecule has 3 nitrogen and oxygen atoms in total. The van der Waals surface area contributed by atoms with Gasteiger partial charge in [0.2, 0.25) is 0 Å². The number of imidazole rings is 1. The Labute approximate surface area is 92.2 Å². The van der Waals surface area contributed by atoms with E-state index in [1.165, 1.54) is 0 Å². The molecule has 0 radical (unpaired) electrons. The van der Waals surface area contributed by atoms with Gasteiger partial charge in [0.15, 0.2) is 5.65 Å². The summed E-state index contributed by atoms with van der Waals surface area (Å²) >= 11 is 0. The summed E-state index contributed by atoms with van der Waals surface area (Å²) in [5.41, 5.74) is 3.04. The molecular weight excluding hydrogens is 186 g/mol. The predicted octanol–water partition coefficient (Wildman–Crippen LogP) is 3.40. The fourth-order valence-corrected chi connectivity index (χ4v) is 1.17. The molecule has 84 valence electrons. The number of fused-ring (bicyclic) bond motifs is 1. The van der Waals surface area contributed by atoms with Gasteiger partial charge in [0.25, 0.3) is 0 Å². The molecule has 3 heteroatoms. The molecule has 0 atom stereocenters. The van der Waals surface area contributed by atoms with Crippen LogP contribution in [0.1, 0.15) is 39.1 Å². The molecule has 0 unspecified atom stereocenters. The van der Waals surface area contributed by atoms with E-state index in [9.17, 15) is 0 Å². The minimum atomic E-state index is 0.949. The van der Waals surface area contributed by atoms with Gasteiger partial charge in [-0.25, -0.2) is 4.98 Å². The second-order valence-electron chi connectivity index (χ2n) is 2.61. The SMILES string of the molecule is CC.CC.Cc1ncc(C)n2ccnc12. The van der Waals surface area contributed by atoms with E-state index in [0.29, 0.717) is 0 Å². The minimum Gasteiger partial charge on any atom is -0.301 e. The van der Waals surface area contributed by atoms with Gasteiger partial charge in [-0.05, 0) is 13.8 Å². The van der Waals surface area contributed by atoms with Gasteiger partial charge in [-0.1, -0.05) is 27.7 Å². The summed E-state index contributed by atoms with van der Waals surface area (Å²) in [5.74, 6) is 0. The molecule has 2 aromatic rings. The number of aromatic nitrogens is 3. The van der Waals surface area contributed by atoms with E-state index in [-0.39, 0.29) is 0 Å². The van der Waals surface area contributed by atoms with Crippen molar-refractivity contribution in [1.29, 1.82) is 0 Å². The van der Waals surface area contributed by atoms with Crippen LogP contribution >= 0.6 is 0 Å². The third-order valence-electron chi connectivity index (χ3n) is 1.79. The van der Waals surface area contributed by atoms with E-state index >= 15 is 0 Å². The van der Waals surface area contributed by atoms with E-state index in [0.717, 1.165) is 17.0 Å². The lowest BCUT2D eigenvalue weighted by Gasteiger charge is -1.99. The first-order valence-corrected chi connectivity index (χ1v) is 5.54. The van der Waals surface area contributed by atoms with Gasteiger partial charge in [0.05, 0.1) is 5.69 Å². The maximum absolute atomic E-state index is 4.20. The second kappa shape index (κ2) is 6.98. The maximum atomic E-state index is 4.20. The van der Waals surface area contributed by atoms with Gasteiger partial charge >= 0.3 is 0 Å². The Morgan fingerprint density at radius 3 is 2.13 bits per heavy atom. The maximum Gasteiger partial charge on any atom is 0.158 e. The van der Waals surface area contributed by atoms with Gasteiger partial charge in [-0.2, -0.15) is 0 Å². The number of nitrogens with zero attached hydrogens (tertiary/aromatic N) is 3. The molecule has 0 N–H and O–H groups in total. The van der Waals surface area contributed by atoms with Crippen LogP contribution < -0.4 is 0 Å². The zero-order valence-electron chi connectivity index (χ0n) is 10.6. The largest absolute Gasteiger partial charge is 0.301 e. The van der Waals surface area contributed by atoms with Crippen LogP contribution in [0.5, 0.6) is 0 Å². The smallest absolute Gasteiger partial charge is 0.158 e. The first kappa shape index (κ1) is 13.6. The summed E-state index contributed by atoms with van der Waals surface area (Å²) in [5, 5.41) is 0. The Morgan fingerprint density at radius 2 is 1.60 bits per heavy atom. The van der Waals surface area contributed by atoms with Crippen molar-refractivity contribution in [1.82, 2.24) is 14.4 Å². The molecule has 2 rings (SSSR count). The minimum absolute atomic E-state index is 0.949. The molecule has 0 spiro atoms. The third-order valence-corrected chi connectivity index (χ3v) is 1.79. The number of hydrogen-bond donors (Lipinski definition) is 0. The van der Waals surface area contributed by atoms with Crippen LogP contribution in [-0.4, -0.2) is 14.4 Å². The van der Waals surface area contributed by atoms with Crippen LogP contribution in [0.15, 0.2) is 18.6 Å². The lowest BCUT2D eigenvalue weighted by atomic mass is 10.4. The average molecular weight is 207 g/mol. The third kappa shape index (κ3) is 3.05. The predicted molar refractivity (Wildman–Crippen MR) is 65.2 cm³/mol.